The highest BCUT2D eigenvalue weighted by Gasteiger charge is 2.22. The topological polar surface area (TPSA) is 80.7 Å². The molecule has 0 unspecified atom stereocenters. The van der Waals surface area contributed by atoms with Crippen LogP contribution in [0.4, 0.5) is 0 Å². The zero-order chi connectivity index (χ0) is 13.6. The molecule has 18 heavy (non-hydrogen) atoms. The Morgan fingerprint density at radius 1 is 1.33 bits per heavy atom. The predicted molar refractivity (Wildman–Crippen MR) is 70.4 cm³/mol. The monoisotopic (exact) mass is 310 g/mol. The molecule has 0 aromatic heterocycles. The molecule has 1 fully saturated rings. The number of benzene rings is 1. The summed E-state index contributed by atoms with van der Waals surface area (Å²) in [7, 11) is -0.137. The number of hydrogen-bond acceptors (Lipinski definition) is 5. The Morgan fingerprint density at radius 3 is 2.22 bits per heavy atom. The molecule has 0 atom stereocenters. The summed E-state index contributed by atoms with van der Waals surface area (Å²) >= 11 is 1.81. The average Bonchev–Trinajstić information content (AvgIpc) is 2.22. The Kier molecular flexibility index (Phi) is 5.94. The second-order valence-electron chi connectivity index (χ2n) is 3.34. The summed E-state index contributed by atoms with van der Waals surface area (Å²) in [6, 6.07) is 9.11. The molecular formula is C10H11ClO5S2. The highest BCUT2D eigenvalue weighted by Crippen LogP contribution is 2.21. The molecule has 1 N–H and O–H groups in total. The lowest BCUT2D eigenvalue weighted by atomic mass is 10.2. The van der Waals surface area contributed by atoms with Crippen molar-refractivity contribution < 1.29 is 22.5 Å². The lowest BCUT2D eigenvalue weighted by Gasteiger charge is -2.24. The van der Waals surface area contributed by atoms with Crippen molar-refractivity contribution in [1.82, 2.24) is 0 Å². The minimum Gasteiger partial charge on any atom is -0.457 e. The maximum absolute atomic E-state index is 11.4. The van der Waals surface area contributed by atoms with Crippen molar-refractivity contribution in [3.8, 4) is 0 Å². The van der Waals surface area contributed by atoms with E-state index in [-0.39, 0.29) is 12.1 Å². The molecule has 100 valence electrons. The van der Waals surface area contributed by atoms with E-state index in [1.54, 1.807) is 23.9 Å². The summed E-state index contributed by atoms with van der Waals surface area (Å²) in [6.45, 7) is 0. The van der Waals surface area contributed by atoms with Crippen molar-refractivity contribution in [3.63, 3.8) is 0 Å². The van der Waals surface area contributed by atoms with Gasteiger partial charge in [0.2, 0.25) is 0 Å². The second kappa shape index (κ2) is 6.98. The minimum absolute atomic E-state index is 0.137. The van der Waals surface area contributed by atoms with Gasteiger partial charge in [-0.05, 0) is 12.1 Å². The minimum atomic E-state index is -4.19. The summed E-state index contributed by atoms with van der Waals surface area (Å²) in [5.74, 6) is 1.68. The number of halogens is 1. The van der Waals surface area contributed by atoms with Crippen LogP contribution in [0.15, 0.2) is 30.3 Å². The van der Waals surface area contributed by atoms with Crippen LogP contribution >= 0.6 is 22.4 Å². The van der Waals surface area contributed by atoms with Gasteiger partial charge in [-0.3, -0.25) is 4.55 Å². The van der Waals surface area contributed by atoms with Gasteiger partial charge < -0.3 is 4.74 Å². The average molecular weight is 311 g/mol. The summed E-state index contributed by atoms with van der Waals surface area (Å²) < 4.78 is 30.4. The lowest BCUT2D eigenvalue weighted by molar-refractivity contribution is 0.0375. The molecule has 1 aliphatic heterocycles. The first-order valence-electron chi connectivity index (χ1n) is 4.87. The number of esters is 1. The number of carbonyl (C=O) groups excluding carboxylic acids is 1. The normalized spacial score (nSPS) is 15.0. The van der Waals surface area contributed by atoms with Gasteiger partial charge >= 0.3 is 15.3 Å². The van der Waals surface area contributed by atoms with Crippen LogP contribution in [0.25, 0.3) is 0 Å². The molecule has 0 aliphatic carbocycles. The molecule has 0 saturated carbocycles. The SMILES string of the molecule is O=C(OC1CSC1)c1ccccc1.O=S(=O)(O)Cl. The third-order valence-corrected chi connectivity index (χ3v) is 3.11. The maximum atomic E-state index is 11.4. The Labute approximate surface area is 114 Å². The van der Waals surface area contributed by atoms with Crippen LogP contribution in [0.2, 0.25) is 0 Å². The van der Waals surface area contributed by atoms with Crippen LogP contribution in [0.5, 0.6) is 0 Å². The van der Waals surface area contributed by atoms with Crippen molar-refractivity contribution in [3.05, 3.63) is 35.9 Å². The third kappa shape index (κ3) is 6.85. The van der Waals surface area contributed by atoms with E-state index in [2.05, 4.69) is 10.7 Å². The molecule has 1 aromatic rings. The zero-order valence-corrected chi connectivity index (χ0v) is 11.5. The highest BCUT2D eigenvalue weighted by atomic mass is 35.7. The van der Waals surface area contributed by atoms with E-state index in [1.807, 2.05) is 18.2 Å². The number of ether oxygens (including phenoxy) is 1. The Balaban J connectivity index is 0.000000280. The molecule has 1 aliphatic rings. The van der Waals surface area contributed by atoms with E-state index in [0.717, 1.165) is 11.5 Å². The molecule has 0 bridgehead atoms. The van der Waals surface area contributed by atoms with Gasteiger partial charge in [-0.15, -0.1) is 0 Å². The summed E-state index contributed by atoms with van der Waals surface area (Å²) in [5, 5.41) is 0. The first-order valence-corrected chi connectivity index (χ1v) is 8.29. The Hall–Kier alpha value is -0.760. The van der Waals surface area contributed by atoms with E-state index < -0.39 is 9.33 Å². The van der Waals surface area contributed by atoms with Gasteiger partial charge in [0, 0.05) is 22.2 Å². The van der Waals surface area contributed by atoms with E-state index in [9.17, 15) is 4.79 Å². The van der Waals surface area contributed by atoms with E-state index in [0.29, 0.717) is 5.56 Å². The number of thioether (sulfide) groups is 1. The van der Waals surface area contributed by atoms with E-state index >= 15 is 0 Å². The molecule has 2 rings (SSSR count). The fourth-order valence-electron chi connectivity index (χ4n) is 1.08. The largest absolute Gasteiger partial charge is 0.457 e. The van der Waals surface area contributed by atoms with Crippen molar-refractivity contribution in [2.45, 2.75) is 6.10 Å². The molecule has 8 heteroatoms. The van der Waals surface area contributed by atoms with Crippen LogP contribution in [0, 0.1) is 0 Å². The predicted octanol–water partition coefficient (Wildman–Crippen LogP) is 1.99. The van der Waals surface area contributed by atoms with Gasteiger partial charge in [-0.1, -0.05) is 18.2 Å². The van der Waals surface area contributed by atoms with Crippen LogP contribution in [0.1, 0.15) is 10.4 Å². The lowest BCUT2D eigenvalue weighted by Crippen LogP contribution is -2.30. The molecule has 1 saturated heterocycles. The van der Waals surface area contributed by atoms with Crippen molar-refractivity contribution >= 4 is 37.7 Å². The van der Waals surface area contributed by atoms with Crippen molar-refractivity contribution in [1.29, 1.82) is 0 Å². The maximum Gasteiger partial charge on any atom is 0.353 e. The smallest absolute Gasteiger partial charge is 0.353 e. The summed E-state index contributed by atoms with van der Waals surface area (Å²) in [6.07, 6.45) is 0.137. The molecule has 1 aromatic carbocycles. The molecule has 0 amide bonds. The van der Waals surface area contributed by atoms with Gasteiger partial charge in [0.05, 0.1) is 5.56 Å². The molecule has 0 radical (unpaired) electrons. The van der Waals surface area contributed by atoms with Crippen LogP contribution < -0.4 is 0 Å². The third-order valence-electron chi connectivity index (χ3n) is 1.89. The highest BCUT2D eigenvalue weighted by molar-refractivity contribution is 8.09. The van der Waals surface area contributed by atoms with Gasteiger partial charge in [0.25, 0.3) is 0 Å². The Morgan fingerprint density at radius 2 is 1.83 bits per heavy atom. The molecule has 1 heterocycles. The first-order chi connectivity index (χ1) is 8.36. The van der Waals surface area contributed by atoms with Gasteiger partial charge in [0.15, 0.2) is 0 Å². The van der Waals surface area contributed by atoms with Gasteiger partial charge in [-0.2, -0.15) is 20.2 Å². The number of rotatable bonds is 2. The summed E-state index contributed by atoms with van der Waals surface area (Å²) in [5.41, 5.74) is 0.638. The quantitative estimate of drug-likeness (QED) is 0.511. The Bertz CT molecular complexity index is 476. The van der Waals surface area contributed by atoms with Crippen LogP contribution in [0.3, 0.4) is 0 Å². The van der Waals surface area contributed by atoms with Gasteiger partial charge in [-0.25, -0.2) is 4.79 Å². The number of carbonyl (C=O) groups is 1. The van der Waals surface area contributed by atoms with Crippen LogP contribution in [-0.4, -0.2) is 36.5 Å². The van der Waals surface area contributed by atoms with E-state index in [1.165, 1.54) is 0 Å². The second-order valence-corrected chi connectivity index (χ2v) is 6.41. The fourth-order valence-corrected chi connectivity index (χ4v) is 1.64. The molecular weight excluding hydrogens is 300 g/mol. The van der Waals surface area contributed by atoms with Crippen molar-refractivity contribution in [2.75, 3.05) is 11.5 Å². The number of hydrogen-bond donors (Lipinski definition) is 1. The standard InChI is InChI=1S/C10H10O2S.ClHO3S/c11-10(12-9-6-13-7-9)8-4-2-1-3-5-8;1-5(2,3)4/h1-5,9H,6-7H2;(H,2,3,4). The first kappa shape index (κ1) is 15.3. The van der Waals surface area contributed by atoms with Gasteiger partial charge in [0.1, 0.15) is 6.10 Å². The fraction of sp³-hybridized carbons (Fsp3) is 0.300. The summed E-state index contributed by atoms with van der Waals surface area (Å²) in [4.78, 5) is 11.4. The van der Waals surface area contributed by atoms with Crippen molar-refractivity contribution in [2.24, 2.45) is 0 Å². The molecule has 5 nitrogen and oxygen atoms in total. The van der Waals surface area contributed by atoms with Crippen LogP contribution in [-0.2, 0) is 14.1 Å². The van der Waals surface area contributed by atoms with E-state index in [4.69, 9.17) is 17.7 Å². The molecule has 0 spiro atoms. The zero-order valence-electron chi connectivity index (χ0n) is 9.15.